The lowest BCUT2D eigenvalue weighted by Crippen LogP contribution is -2.42. The molecule has 1 aromatic heterocycles. The fourth-order valence-corrected chi connectivity index (χ4v) is 1.07. The fraction of sp³-hybridized carbons (Fsp3) is 0.333. The van der Waals surface area contributed by atoms with E-state index in [1.54, 1.807) is 19.4 Å². The Labute approximate surface area is 83.4 Å². The number of hydrazine groups is 1. The summed E-state index contributed by atoms with van der Waals surface area (Å²) in [5.41, 5.74) is 3.70. The quantitative estimate of drug-likeness (QED) is 0.266. The monoisotopic (exact) mass is 193 g/mol. The molecule has 76 valence electrons. The van der Waals surface area contributed by atoms with Crippen LogP contribution in [0.2, 0.25) is 0 Å². The number of pyridine rings is 1. The highest BCUT2D eigenvalue weighted by Gasteiger charge is 1.94. The van der Waals surface area contributed by atoms with Crippen LogP contribution in [0, 0.1) is 0 Å². The number of aromatic nitrogens is 1. The molecule has 0 aliphatic heterocycles. The molecule has 0 saturated heterocycles. The molecule has 5 nitrogen and oxygen atoms in total. The minimum Gasteiger partial charge on any atom is -0.355 e. The summed E-state index contributed by atoms with van der Waals surface area (Å²) in [5, 5.41) is 3.06. The Kier molecular flexibility index (Phi) is 4.43. The minimum absolute atomic E-state index is 0.596. The predicted octanol–water partition coefficient (Wildman–Crippen LogP) is -0.337. The van der Waals surface area contributed by atoms with Crippen molar-refractivity contribution < 1.29 is 0 Å². The standard InChI is InChI=1S/C9H15N5/c1-11-9(14-10)13-7-4-8-2-5-12-6-3-8/h2-3,5-6H,4,7,10H2,1H3,(H2,11,13,14). The zero-order valence-corrected chi connectivity index (χ0v) is 8.20. The van der Waals surface area contributed by atoms with Gasteiger partial charge in [-0.05, 0) is 24.1 Å². The molecule has 0 aliphatic rings. The third-order valence-electron chi connectivity index (χ3n) is 1.82. The van der Waals surface area contributed by atoms with Crippen LogP contribution in [0.4, 0.5) is 0 Å². The molecule has 1 aromatic rings. The van der Waals surface area contributed by atoms with Crippen LogP contribution in [0.5, 0.6) is 0 Å². The summed E-state index contributed by atoms with van der Waals surface area (Å²) in [6.45, 7) is 0.793. The van der Waals surface area contributed by atoms with Crippen molar-refractivity contribution in [2.24, 2.45) is 10.8 Å². The smallest absolute Gasteiger partial charge is 0.205 e. The Morgan fingerprint density at radius 3 is 2.79 bits per heavy atom. The average Bonchev–Trinajstić information content (AvgIpc) is 2.26. The van der Waals surface area contributed by atoms with Crippen LogP contribution in [-0.4, -0.2) is 24.5 Å². The molecule has 0 fully saturated rings. The highest BCUT2D eigenvalue weighted by molar-refractivity contribution is 5.78. The lowest BCUT2D eigenvalue weighted by molar-refractivity contribution is 0.816. The molecule has 0 amide bonds. The summed E-state index contributed by atoms with van der Waals surface area (Å²) >= 11 is 0. The van der Waals surface area contributed by atoms with Gasteiger partial charge in [-0.15, -0.1) is 0 Å². The van der Waals surface area contributed by atoms with Crippen LogP contribution in [0.15, 0.2) is 29.5 Å². The number of nitrogens with one attached hydrogen (secondary N) is 2. The van der Waals surface area contributed by atoms with Gasteiger partial charge in [0.1, 0.15) is 0 Å². The maximum atomic E-state index is 5.21. The third-order valence-corrected chi connectivity index (χ3v) is 1.82. The van der Waals surface area contributed by atoms with Gasteiger partial charge in [0.05, 0.1) is 0 Å². The van der Waals surface area contributed by atoms with E-state index in [1.165, 1.54) is 5.56 Å². The van der Waals surface area contributed by atoms with Crippen molar-refractivity contribution in [3.05, 3.63) is 30.1 Å². The van der Waals surface area contributed by atoms with E-state index in [-0.39, 0.29) is 0 Å². The molecule has 0 aliphatic carbocycles. The van der Waals surface area contributed by atoms with Crippen molar-refractivity contribution in [2.75, 3.05) is 13.6 Å². The maximum Gasteiger partial charge on any atom is 0.205 e. The SMILES string of the molecule is CN=C(NN)NCCc1ccncc1. The summed E-state index contributed by atoms with van der Waals surface area (Å²) in [5.74, 6) is 5.81. The highest BCUT2D eigenvalue weighted by Crippen LogP contribution is 1.95. The number of nitrogens with zero attached hydrogens (tertiary/aromatic N) is 2. The molecule has 5 heteroatoms. The summed E-state index contributed by atoms with van der Waals surface area (Å²) in [6.07, 6.45) is 4.49. The van der Waals surface area contributed by atoms with Crippen LogP contribution in [0.3, 0.4) is 0 Å². The lowest BCUT2D eigenvalue weighted by atomic mass is 10.2. The predicted molar refractivity (Wildman–Crippen MR) is 56.6 cm³/mol. The second-order valence-electron chi connectivity index (χ2n) is 2.75. The van der Waals surface area contributed by atoms with Crippen LogP contribution in [-0.2, 0) is 6.42 Å². The Morgan fingerprint density at radius 2 is 2.21 bits per heavy atom. The minimum atomic E-state index is 0.596. The Hall–Kier alpha value is -1.62. The van der Waals surface area contributed by atoms with Crippen molar-refractivity contribution in [1.29, 1.82) is 0 Å². The number of hydrogen-bond donors (Lipinski definition) is 3. The first kappa shape index (κ1) is 10.5. The van der Waals surface area contributed by atoms with Gasteiger partial charge in [0.15, 0.2) is 0 Å². The van der Waals surface area contributed by atoms with Crippen molar-refractivity contribution in [1.82, 2.24) is 15.7 Å². The summed E-state index contributed by atoms with van der Waals surface area (Å²) < 4.78 is 0. The van der Waals surface area contributed by atoms with Gasteiger partial charge in [-0.25, -0.2) is 5.84 Å². The number of nitrogens with two attached hydrogens (primary N) is 1. The zero-order valence-electron chi connectivity index (χ0n) is 8.20. The van der Waals surface area contributed by atoms with E-state index in [9.17, 15) is 0 Å². The highest BCUT2D eigenvalue weighted by atomic mass is 15.3. The third kappa shape index (κ3) is 3.40. The normalized spacial score (nSPS) is 11.1. The molecule has 0 saturated carbocycles. The van der Waals surface area contributed by atoms with Gasteiger partial charge in [0.2, 0.25) is 5.96 Å². The molecule has 0 aromatic carbocycles. The van der Waals surface area contributed by atoms with Crippen LogP contribution in [0.1, 0.15) is 5.56 Å². The average molecular weight is 193 g/mol. The van der Waals surface area contributed by atoms with E-state index in [4.69, 9.17) is 5.84 Å². The fourth-order valence-electron chi connectivity index (χ4n) is 1.07. The zero-order chi connectivity index (χ0) is 10.2. The molecule has 4 N–H and O–H groups in total. The van der Waals surface area contributed by atoms with Gasteiger partial charge < -0.3 is 5.32 Å². The van der Waals surface area contributed by atoms with Gasteiger partial charge in [0, 0.05) is 26.0 Å². The van der Waals surface area contributed by atoms with Gasteiger partial charge in [0.25, 0.3) is 0 Å². The molecule has 0 radical (unpaired) electrons. The number of hydrogen-bond acceptors (Lipinski definition) is 3. The number of rotatable bonds is 3. The molecule has 14 heavy (non-hydrogen) atoms. The van der Waals surface area contributed by atoms with Gasteiger partial charge in [-0.2, -0.15) is 0 Å². The first-order chi connectivity index (χ1) is 6.86. The van der Waals surface area contributed by atoms with Crippen molar-refractivity contribution in [3.63, 3.8) is 0 Å². The van der Waals surface area contributed by atoms with E-state index >= 15 is 0 Å². The number of aliphatic imine (C=N–C) groups is 1. The van der Waals surface area contributed by atoms with Gasteiger partial charge >= 0.3 is 0 Å². The molecule has 0 unspecified atom stereocenters. The number of guanidine groups is 1. The van der Waals surface area contributed by atoms with E-state index in [2.05, 4.69) is 20.7 Å². The molecule has 1 rings (SSSR count). The van der Waals surface area contributed by atoms with Crippen LogP contribution < -0.4 is 16.6 Å². The molecule has 0 atom stereocenters. The van der Waals surface area contributed by atoms with Crippen LogP contribution >= 0.6 is 0 Å². The molecule has 0 spiro atoms. The van der Waals surface area contributed by atoms with Gasteiger partial charge in [-0.1, -0.05) is 0 Å². The molecular weight excluding hydrogens is 178 g/mol. The Morgan fingerprint density at radius 1 is 1.50 bits per heavy atom. The molecule has 1 heterocycles. The second-order valence-corrected chi connectivity index (χ2v) is 2.75. The van der Waals surface area contributed by atoms with Gasteiger partial charge in [-0.3, -0.25) is 15.4 Å². The van der Waals surface area contributed by atoms with Crippen molar-refractivity contribution >= 4 is 5.96 Å². The summed E-state index contributed by atoms with van der Waals surface area (Å²) in [7, 11) is 1.68. The van der Waals surface area contributed by atoms with Crippen LogP contribution in [0.25, 0.3) is 0 Å². The first-order valence-electron chi connectivity index (χ1n) is 4.43. The summed E-state index contributed by atoms with van der Waals surface area (Å²) in [4.78, 5) is 7.84. The van der Waals surface area contributed by atoms with Crippen molar-refractivity contribution in [3.8, 4) is 0 Å². The second kappa shape index (κ2) is 5.93. The maximum absolute atomic E-state index is 5.21. The molecular formula is C9H15N5. The lowest BCUT2D eigenvalue weighted by Gasteiger charge is -2.07. The van der Waals surface area contributed by atoms with E-state index in [0.29, 0.717) is 5.96 Å². The first-order valence-corrected chi connectivity index (χ1v) is 4.43. The Bertz CT molecular complexity index is 283. The van der Waals surface area contributed by atoms with E-state index < -0.39 is 0 Å². The molecule has 0 bridgehead atoms. The Balaban J connectivity index is 2.29. The summed E-state index contributed by atoms with van der Waals surface area (Å²) in [6, 6.07) is 3.97. The van der Waals surface area contributed by atoms with E-state index in [1.807, 2.05) is 12.1 Å². The van der Waals surface area contributed by atoms with Crippen molar-refractivity contribution in [2.45, 2.75) is 6.42 Å². The topological polar surface area (TPSA) is 75.3 Å². The van der Waals surface area contributed by atoms with E-state index in [0.717, 1.165) is 13.0 Å². The largest absolute Gasteiger partial charge is 0.355 e.